The van der Waals surface area contributed by atoms with Gasteiger partial charge in [0.05, 0.1) is 17.7 Å². The van der Waals surface area contributed by atoms with Crippen LogP contribution in [0.2, 0.25) is 0 Å². The van der Waals surface area contributed by atoms with Gasteiger partial charge in [-0.1, -0.05) is 72.8 Å². The summed E-state index contributed by atoms with van der Waals surface area (Å²) in [4.78, 5) is 31.6. The van der Waals surface area contributed by atoms with E-state index >= 15 is 0 Å². The third-order valence-electron chi connectivity index (χ3n) is 6.81. The Morgan fingerprint density at radius 1 is 0.825 bits per heavy atom. The molecule has 0 unspecified atom stereocenters. The number of rotatable bonds is 7. The van der Waals surface area contributed by atoms with Crippen molar-refractivity contribution in [2.24, 2.45) is 0 Å². The van der Waals surface area contributed by atoms with E-state index in [2.05, 4.69) is 4.98 Å². The van der Waals surface area contributed by atoms with Crippen LogP contribution < -0.4 is 4.74 Å². The van der Waals surface area contributed by atoms with Crippen LogP contribution in [0.15, 0.2) is 116 Å². The fourth-order valence-electron chi connectivity index (χ4n) is 4.93. The number of pyridine rings is 1. The minimum absolute atomic E-state index is 0.189. The summed E-state index contributed by atoms with van der Waals surface area (Å²) in [5, 5.41) is 2.55. The van der Waals surface area contributed by atoms with E-state index in [1.807, 2.05) is 97.9 Å². The Balaban J connectivity index is 1.41. The highest BCUT2D eigenvalue weighted by molar-refractivity contribution is 6.14. The Hall–Kier alpha value is -5.23. The van der Waals surface area contributed by atoms with E-state index in [1.165, 1.54) is 0 Å². The van der Waals surface area contributed by atoms with Gasteiger partial charge in [0.15, 0.2) is 0 Å². The van der Waals surface area contributed by atoms with E-state index < -0.39 is 5.97 Å². The first-order valence-electron chi connectivity index (χ1n) is 13.1. The highest BCUT2D eigenvalue weighted by Crippen LogP contribution is 2.34. The second-order valence-corrected chi connectivity index (χ2v) is 9.33. The highest BCUT2D eigenvalue weighted by Gasteiger charge is 2.23. The van der Waals surface area contributed by atoms with Gasteiger partial charge < -0.3 is 9.47 Å². The van der Waals surface area contributed by atoms with E-state index in [0.717, 1.165) is 32.8 Å². The number of fused-ring (bicyclic) bond motifs is 2. The molecule has 0 atom stereocenters. The number of carbonyl (C=O) groups excluding carboxylic acids is 2. The summed E-state index contributed by atoms with van der Waals surface area (Å²) < 4.78 is 13.0. The lowest BCUT2D eigenvalue weighted by molar-refractivity contribution is 0.0472. The first-order chi connectivity index (χ1) is 19.6. The van der Waals surface area contributed by atoms with Crippen LogP contribution in [-0.4, -0.2) is 28.0 Å². The van der Waals surface area contributed by atoms with E-state index in [0.29, 0.717) is 29.1 Å². The molecule has 4 aromatic carbocycles. The number of aromatic nitrogens is 2. The summed E-state index contributed by atoms with van der Waals surface area (Å²) in [6.07, 6.45) is 3.45. The average molecular weight is 527 g/mol. The topological polar surface area (TPSA) is 70.4 Å². The minimum atomic E-state index is -0.416. The summed E-state index contributed by atoms with van der Waals surface area (Å²) in [5.74, 6) is -0.136. The zero-order valence-corrected chi connectivity index (χ0v) is 21.9. The zero-order valence-electron chi connectivity index (χ0n) is 21.9. The molecule has 0 amide bonds. The fourth-order valence-corrected chi connectivity index (χ4v) is 4.93. The molecule has 196 valence electrons. The van der Waals surface area contributed by atoms with Crippen molar-refractivity contribution in [1.82, 2.24) is 9.55 Å². The molecule has 0 radical (unpaired) electrons. The van der Waals surface area contributed by atoms with Crippen molar-refractivity contribution in [2.75, 3.05) is 6.61 Å². The molecule has 6 rings (SSSR count). The molecule has 0 saturated carbocycles. The molecule has 2 heterocycles. The lowest BCUT2D eigenvalue weighted by Gasteiger charge is -2.13. The van der Waals surface area contributed by atoms with Crippen molar-refractivity contribution < 1.29 is 19.1 Å². The molecule has 0 fully saturated rings. The predicted octanol–water partition coefficient (Wildman–Crippen LogP) is 7.30. The second kappa shape index (κ2) is 10.9. The van der Waals surface area contributed by atoms with Gasteiger partial charge in [0.1, 0.15) is 18.0 Å². The van der Waals surface area contributed by atoms with Crippen LogP contribution in [0.3, 0.4) is 0 Å². The average Bonchev–Trinajstić information content (AvgIpc) is 3.40. The highest BCUT2D eigenvalue weighted by atomic mass is 16.5. The molecule has 6 nitrogen and oxygen atoms in total. The number of carbonyl (C=O) groups is 2. The molecular weight excluding hydrogens is 500 g/mol. The SMILES string of the molecule is CCOc1ccc2ccccc2c1C(=O)n1cc(-c2cccc(C(=O)OCc3ccccc3)c2)c2cccnc21. The Kier molecular flexibility index (Phi) is 6.81. The summed E-state index contributed by atoms with van der Waals surface area (Å²) in [7, 11) is 0. The van der Waals surface area contributed by atoms with E-state index in [1.54, 1.807) is 29.1 Å². The number of benzene rings is 4. The Bertz CT molecular complexity index is 1860. The Morgan fingerprint density at radius 2 is 1.62 bits per heavy atom. The summed E-state index contributed by atoms with van der Waals surface area (Å²) in [6.45, 7) is 2.52. The third kappa shape index (κ3) is 4.71. The molecule has 0 N–H and O–H groups in total. The number of esters is 1. The van der Waals surface area contributed by atoms with Crippen molar-refractivity contribution in [3.63, 3.8) is 0 Å². The van der Waals surface area contributed by atoms with E-state index in [4.69, 9.17) is 9.47 Å². The fraction of sp³-hybridized carbons (Fsp3) is 0.0882. The minimum Gasteiger partial charge on any atom is -0.493 e. The maximum absolute atomic E-state index is 14.2. The first kappa shape index (κ1) is 25.1. The van der Waals surface area contributed by atoms with Crippen LogP contribution in [0, 0.1) is 0 Å². The number of ether oxygens (including phenoxy) is 2. The van der Waals surface area contributed by atoms with Gasteiger partial charge in [0.25, 0.3) is 5.91 Å². The van der Waals surface area contributed by atoms with Crippen LogP contribution in [0.4, 0.5) is 0 Å². The van der Waals surface area contributed by atoms with E-state index in [9.17, 15) is 9.59 Å². The lowest BCUT2D eigenvalue weighted by Crippen LogP contribution is -2.14. The van der Waals surface area contributed by atoms with Crippen LogP contribution >= 0.6 is 0 Å². The maximum Gasteiger partial charge on any atom is 0.338 e. The molecule has 0 spiro atoms. The first-order valence-corrected chi connectivity index (χ1v) is 13.1. The molecular formula is C34H26N2O4. The van der Waals surface area contributed by atoms with Crippen molar-refractivity contribution in [2.45, 2.75) is 13.5 Å². The van der Waals surface area contributed by atoms with Gasteiger partial charge in [-0.3, -0.25) is 9.36 Å². The summed E-state index contributed by atoms with van der Waals surface area (Å²) in [6, 6.07) is 32.1. The molecule has 0 aliphatic rings. The Labute approximate surface area is 231 Å². The third-order valence-corrected chi connectivity index (χ3v) is 6.81. The molecule has 6 heteroatoms. The maximum atomic E-state index is 14.2. The lowest BCUT2D eigenvalue weighted by atomic mass is 10.0. The number of nitrogens with zero attached hydrogens (tertiary/aromatic N) is 2. The predicted molar refractivity (Wildman–Crippen MR) is 156 cm³/mol. The van der Waals surface area contributed by atoms with Crippen LogP contribution in [-0.2, 0) is 11.3 Å². The summed E-state index contributed by atoms with van der Waals surface area (Å²) in [5.41, 5.74) is 3.91. The smallest absolute Gasteiger partial charge is 0.338 e. The van der Waals surface area contributed by atoms with Crippen LogP contribution in [0.5, 0.6) is 5.75 Å². The Morgan fingerprint density at radius 3 is 2.48 bits per heavy atom. The standard InChI is InChI=1S/C34H26N2O4/c1-2-39-30-18-17-24-12-6-7-15-27(24)31(30)33(37)36-21-29(28-16-9-19-35-32(28)36)25-13-8-14-26(20-25)34(38)40-22-23-10-4-3-5-11-23/h3-21H,2,22H2,1H3. The van der Waals surface area contributed by atoms with Gasteiger partial charge in [0, 0.05) is 23.3 Å². The van der Waals surface area contributed by atoms with Crippen molar-refractivity contribution in [3.8, 4) is 16.9 Å². The van der Waals surface area contributed by atoms with Gasteiger partial charge in [-0.15, -0.1) is 0 Å². The monoisotopic (exact) mass is 526 g/mol. The van der Waals surface area contributed by atoms with E-state index in [-0.39, 0.29) is 12.5 Å². The second-order valence-electron chi connectivity index (χ2n) is 9.33. The molecule has 0 bridgehead atoms. The van der Waals surface area contributed by atoms with Gasteiger partial charge >= 0.3 is 5.97 Å². The van der Waals surface area contributed by atoms with Crippen molar-refractivity contribution >= 4 is 33.7 Å². The summed E-state index contributed by atoms with van der Waals surface area (Å²) >= 11 is 0. The largest absolute Gasteiger partial charge is 0.493 e. The van der Waals surface area contributed by atoms with Gasteiger partial charge in [-0.25, -0.2) is 9.78 Å². The molecule has 40 heavy (non-hydrogen) atoms. The zero-order chi connectivity index (χ0) is 27.5. The number of hydrogen-bond donors (Lipinski definition) is 0. The van der Waals surface area contributed by atoms with Crippen molar-refractivity contribution in [3.05, 3.63) is 132 Å². The quantitative estimate of drug-likeness (QED) is 0.204. The molecule has 0 saturated heterocycles. The van der Waals surface area contributed by atoms with Gasteiger partial charge in [0.2, 0.25) is 0 Å². The van der Waals surface area contributed by atoms with Crippen molar-refractivity contribution in [1.29, 1.82) is 0 Å². The van der Waals surface area contributed by atoms with Crippen LogP contribution in [0.1, 0.15) is 33.2 Å². The van der Waals surface area contributed by atoms with Gasteiger partial charge in [-0.2, -0.15) is 0 Å². The molecule has 2 aromatic heterocycles. The number of hydrogen-bond acceptors (Lipinski definition) is 5. The molecule has 0 aliphatic carbocycles. The molecule has 0 aliphatic heterocycles. The molecule has 6 aromatic rings. The van der Waals surface area contributed by atoms with Crippen LogP contribution in [0.25, 0.3) is 32.9 Å². The van der Waals surface area contributed by atoms with Gasteiger partial charge in [-0.05, 0) is 59.2 Å². The normalized spacial score (nSPS) is 11.0.